The van der Waals surface area contributed by atoms with Gasteiger partial charge in [-0.15, -0.1) is 0 Å². The van der Waals surface area contributed by atoms with Crippen LogP contribution in [-0.2, 0) is 10.5 Å². The molecule has 0 saturated carbocycles. The van der Waals surface area contributed by atoms with Crippen LogP contribution < -0.4 is 5.73 Å². The van der Waals surface area contributed by atoms with Gasteiger partial charge in [-0.3, -0.25) is 5.73 Å². The molecule has 11 heavy (non-hydrogen) atoms. The summed E-state index contributed by atoms with van der Waals surface area (Å²) in [5.74, 6) is 0. The fourth-order valence-corrected chi connectivity index (χ4v) is 1.02. The molecule has 1 radical (unpaired) electrons. The average molecular weight is 150 g/mol. The van der Waals surface area contributed by atoms with Crippen LogP contribution in [0.25, 0.3) is 0 Å². The maximum absolute atomic E-state index is 5.79. The van der Waals surface area contributed by atoms with Crippen LogP contribution in [0, 0.1) is 6.33 Å². The molecule has 1 atom stereocenters. The van der Waals surface area contributed by atoms with Crippen LogP contribution in [0.15, 0.2) is 12.3 Å². The molecule has 1 aromatic rings. The van der Waals surface area contributed by atoms with Crippen LogP contribution in [0.2, 0.25) is 0 Å². The Hall–Kier alpha value is -1.00. The first kappa shape index (κ1) is 6.69. The van der Waals surface area contributed by atoms with Crippen molar-refractivity contribution in [2.45, 2.75) is 12.1 Å². The third kappa shape index (κ3) is 1.00. The zero-order chi connectivity index (χ0) is 7.73. The number of aromatic nitrogens is 2. The molecule has 1 aliphatic rings. The summed E-state index contributed by atoms with van der Waals surface area (Å²) in [5, 5.41) is 0. The Labute approximate surface area is 64.4 Å². The van der Waals surface area contributed by atoms with Gasteiger partial charge in [0.15, 0.2) is 12.1 Å². The highest BCUT2D eigenvalue weighted by molar-refractivity contribution is 5.10. The van der Waals surface area contributed by atoms with Crippen molar-refractivity contribution < 1.29 is 4.74 Å². The van der Waals surface area contributed by atoms with Crippen LogP contribution >= 0.6 is 0 Å². The Balaban J connectivity index is 2.29. The zero-order valence-electron chi connectivity index (χ0n) is 5.95. The second-order valence-electron chi connectivity index (χ2n) is 2.53. The summed E-state index contributed by atoms with van der Waals surface area (Å²) in [6, 6.07) is 1.75. The zero-order valence-corrected chi connectivity index (χ0v) is 5.95. The quantitative estimate of drug-likeness (QED) is 0.602. The SMILES string of the molecule is NC1(c2ccn[c]n2)CCO1. The van der Waals surface area contributed by atoms with Gasteiger partial charge in [0.2, 0.25) is 0 Å². The van der Waals surface area contributed by atoms with Gasteiger partial charge in [-0.2, -0.15) is 0 Å². The average Bonchev–Trinajstić information content (AvgIpc) is 2.02. The lowest BCUT2D eigenvalue weighted by atomic mass is 10.0. The van der Waals surface area contributed by atoms with E-state index in [1.807, 2.05) is 0 Å². The summed E-state index contributed by atoms with van der Waals surface area (Å²) >= 11 is 0. The predicted octanol–water partition coefficient (Wildman–Crippen LogP) is -0.191. The summed E-state index contributed by atoms with van der Waals surface area (Å²) < 4.78 is 5.17. The molecule has 0 bridgehead atoms. The van der Waals surface area contributed by atoms with E-state index in [2.05, 4.69) is 16.3 Å². The van der Waals surface area contributed by atoms with Crippen LogP contribution in [0.5, 0.6) is 0 Å². The van der Waals surface area contributed by atoms with Gasteiger partial charge >= 0.3 is 0 Å². The van der Waals surface area contributed by atoms with Gasteiger partial charge in [0.25, 0.3) is 0 Å². The molecular formula is C7H8N3O. The molecule has 4 heteroatoms. The molecule has 4 nitrogen and oxygen atoms in total. The highest BCUT2D eigenvalue weighted by Gasteiger charge is 2.37. The molecule has 1 saturated heterocycles. The van der Waals surface area contributed by atoms with Crippen molar-refractivity contribution in [2.24, 2.45) is 5.73 Å². The highest BCUT2D eigenvalue weighted by atomic mass is 16.5. The van der Waals surface area contributed by atoms with E-state index in [9.17, 15) is 0 Å². The fraction of sp³-hybridized carbons (Fsp3) is 0.429. The Bertz CT molecular complexity index is 245. The van der Waals surface area contributed by atoms with E-state index in [4.69, 9.17) is 10.5 Å². The topological polar surface area (TPSA) is 61.0 Å². The maximum Gasteiger partial charge on any atom is 0.198 e. The van der Waals surface area contributed by atoms with Crippen LogP contribution in [0.4, 0.5) is 0 Å². The number of ether oxygens (including phenoxy) is 1. The van der Waals surface area contributed by atoms with Crippen molar-refractivity contribution in [1.29, 1.82) is 0 Å². The molecule has 0 aromatic carbocycles. The van der Waals surface area contributed by atoms with E-state index < -0.39 is 5.72 Å². The second kappa shape index (κ2) is 2.25. The maximum atomic E-state index is 5.79. The Morgan fingerprint density at radius 1 is 1.73 bits per heavy atom. The molecule has 1 aromatic heterocycles. The van der Waals surface area contributed by atoms with Crippen molar-refractivity contribution in [3.05, 3.63) is 24.3 Å². The standard InChI is InChI=1S/C7H8N3O/c8-7(2-4-11-7)6-1-3-9-5-10-6/h1,3H,2,4,8H2. The highest BCUT2D eigenvalue weighted by Crippen LogP contribution is 2.29. The van der Waals surface area contributed by atoms with Gasteiger partial charge in [0.1, 0.15) is 0 Å². The Morgan fingerprint density at radius 2 is 2.55 bits per heavy atom. The molecule has 2 N–H and O–H groups in total. The minimum Gasteiger partial charge on any atom is -0.355 e. The summed E-state index contributed by atoms with van der Waals surface area (Å²) in [6.45, 7) is 0.709. The van der Waals surface area contributed by atoms with E-state index in [1.165, 1.54) is 0 Å². The Kier molecular flexibility index (Phi) is 1.37. The molecule has 1 unspecified atom stereocenters. The van der Waals surface area contributed by atoms with Gasteiger partial charge in [-0.25, -0.2) is 9.97 Å². The van der Waals surface area contributed by atoms with E-state index in [-0.39, 0.29) is 0 Å². The first-order valence-corrected chi connectivity index (χ1v) is 3.44. The third-order valence-electron chi connectivity index (χ3n) is 1.80. The smallest absolute Gasteiger partial charge is 0.198 e. The summed E-state index contributed by atoms with van der Waals surface area (Å²) in [7, 11) is 0. The van der Waals surface area contributed by atoms with Gasteiger partial charge in [0.05, 0.1) is 12.3 Å². The minimum atomic E-state index is -0.667. The number of hydrogen-bond acceptors (Lipinski definition) is 4. The normalized spacial score (nSPS) is 29.5. The summed E-state index contributed by atoms with van der Waals surface area (Å²) in [4.78, 5) is 7.56. The largest absolute Gasteiger partial charge is 0.355 e. The van der Waals surface area contributed by atoms with Gasteiger partial charge in [-0.05, 0) is 6.07 Å². The molecule has 2 rings (SSSR count). The van der Waals surface area contributed by atoms with Crippen molar-refractivity contribution in [2.75, 3.05) is 6.61 Å². The number of hydrogen-bond donors (Lipinski definition) is 1. The van der Waals surface area contributed by atoms with Crippen LogP contribution in [0.3, 0.4) is 0 Å². The molecule has 1 fully saturated rings. The van der Waals surface area contributed by atoms with E-state index in [1.54, 1.807) is 12.3 Å². The lowest BCUT2D eigenvalue weighted by molar-refractivity contribution is -0.152. The molecule has 2 heterocycles. The minimum absolute atomic E-state index is 0.667. The first-order chi connectivity index (χ1) is 5.31. The van der Waals surface area contributed by atoms with Crippen molar-refractivity contribution in [3.8, 4) is 0 Å². The second-order valence-corrected chi connectivity index (χ2v) is 2.53. The first-order valence-electron chi connectivity index (χ1n) is 3.44. The van der Waals surface area contributed by atoms with Gasteiger partial charge < -0.3 is 4.74 Å². The monoisotopic (exact) mass is 150 g/mol. The lowest BCUT2D eigenvalue weighted by Crippen LogP contribution is -2.49. The number of nitrogens with two attached hydrogens (primary N) is 1. The fourth-order valence-electron chi connectivity index (χ4n) is 1.02. The van der Waals surface area contributed by atoms with E-state index >= 15 is 0 Å². The summed E-state index contributed by atoms with van der Waals surface area (Å²) in [6.07, 6.45) is 4.90. The van der Waals surface area contributed by atoms with E-state index in [0.29, 0.717) is 12.3 Å². The van der Waals surface area contributed by atoms with Crippen LogP contribution in [0.1, 0.15) is 12.1 Å². The number of rotatable bonds is 1. The predicted molar refractivity (Wildman–Crippen MR) is 37.3 cm³/mol. The Morgan fingerprint density at radius 3 is 3.00 bits per heavy atom. The van der Waals surface area contributed by atoms with Crippen molar-refractivity contribution in [3.63, 3.8) is 0 Å². The van der Waals surface area contributed by atoms with Crippen molar-refractivity contribution in [1.82, 2.24) is 9.97 Å². The molecule has 0 aliphatic carbocycles. The molecule has 1 aliphatic heterocycles. The lowest BCUT2D eigenvalue weighted by Gasteiger charge is -2.37. The van der Waals surface area contributed by atoms with Gasteiger partial charge in [0, 0.05) is 12.6 Å². The summed E-state index contributed by atoms with van der Waals surface area (Å²) in [5.41, 5.74) is 5.83. The van der Waals surface area contributed by atoms with Crippen molar-refractivity contribution >= 4 is 0 Å². The van der Waals surface area contributed by atoms with E-state index in [0.717, 1.165) is 6.42 Å². The van der Waals surface area contributed by atoms with Gasteiger partial charge in [-0.1, -0.05) is 0 Å². The molecule has 0 spiro atoms. The molecular weight excluding hydrogens is 142 g/mol. The van der Waals surface area contributed by atoms with Crippen LogP contribution in [-0.4, -0.2) is 16.6 Å². The third-order valence-corrected chi connectivity index (χ3v) is 1.80. The number of nitrogens with zero attached hydrogens (tertiary/aromatic N) is 2. The molecule has 0 amide bonds. The molecule has 57 valence electrons.